The van der Waals surface area contributed by atoms with E-state index in [-0.39, 0.29) is 18.4 Å². The Kier molecular flexibility index (Phi) is 4.17. The Balaban J connectivity index is 2.15. The SMILES string of the molecule is NC(=O)CC[C@H](NC(=O)c1cnn2ccccc12)C(=O)O. The van der Waals surface area contributed by atoms with Crippen LogP contribution in [-0.2, 0) is 9.59 Å². The third-order valence-electron chi connectivity index (χ3n) is 2.95. The number of pyridine rings is 1. The number of hydrogen-bond donors (Lipinski definition) is 3. The summed E-state index contributed by atoms with van der Waals surface area (Å²) in [5.41, 5.74) is 5.81. The summed E-state index contributed by atoms with van der Waals surface area (Å²) in [4.78, 5) is 33.9. The van der Waals surface area contributed by atoms with E-state index in [9.17, 15) is 14.4 Å². The molecule has 8 heteroatoms. The molecule has 2 rings (SSSR count). The molecule has 4 N–H and O–H groups in total. The minimum atomic E-state index is -1.22. The molecule has 21 heavy (non-hydrogen) atoms. The summed E-state index contributed by atoms with van der Waals surface area (Å²) in [6, 6.07) is 4.02. The van der Waals surface area contributed by atoms with E-state index < -0.39 is 23.8 Å². The number of aliphatic carboxylic acids is 1. The van der Waals surface area contributed by atoms with Gasteiger partial charge in [0.2, 0.25) is 5.91 Å². The monoisotopic (exact) mass is 290 g/mol. The molecular formula is C13H14N4O4. The number of fused-ring (bicyclic) bond motifs is 1. The highest BCUT2D eigenvalue weighted by Gasteiger charge is 2.22. The topological polar surface area (TPSA) is 127 Å². The summed E-state index contributed by atoms with van der Waals surface area (Å²) < 4.78 is 1.51. The Morgan fingerprint density at radius 2 is 2.14 bits per heavy atom. The molecule has 2 amide bonds. The minimum absolute atomic E-state index is 0.0599. The van der Waals surface area contributed by atoms with Gasteiger partial charge in [-0.25, -0.2) is 9.31 Å². The summed E-state index contributed by atoms with van der Waals surface area (Å²) in [5, 5.41) is 15.4. The Morgan fingerprint density at radius 3 is 2.81 bits per heavy atom. The predicted octanol–water partition coefficient (Wildman–Crippen LogP) is -0.217. The van der Waals surface area contributed by atoms with Gasteiger partial charge in [0.25, 0.3) is 5.91 Å². The number of rotatable bonds is 6. The first-order valence-corrected chi connectivity index (χ1v) is 6.23. The number of hydrogen-bond acceptors (Lipinski definition) is 4. The van der Waals surface area contributed by atoms with Crippen LogP contribution in [0.3, 0.4) is 0 Å². The number of primary amides is 1. The highest BCUT2D eigenvalue weighted by Crippen LogP contribution is 2.10. The van der Waals surface area contributed by atoms with Crippen molar-refractivity contribution in [3.8, 4) is 0 Å². The van der Waals surface area contributed by atoms with Crippen molar-refractivity contribution in [3.63, 3.8) is 0 Å². The average molecular weight is 290 g/mol. The molecule has 0 bridgehead atoms. The molecule has 0 aliphatic heterocycles. The van der Waals surface area contributed by atoms with E-state index >= 15 is 0 Å². The van der Waals surface area contributed by atoms with E-state index in [2.05, 4.69) is 10.4 Å². The molecule has 2 heterocycles. The van der Waals surface area contributed by atoms with Crippen molar-refractivity contribution < 1.29 is 19.5 Å². The number of aromatic nitrogens is 2. The number of nitrogens with two attached hydrogens (primary N) is 1. The van der Waals surface area contributed by atoms with E-state index in [0.29, 0.717) is 5.52 Å². The zero-order chi connectivity index (χ0) is 15.4. The van der Waals surface area contributed by atoms with Crippen LogP contribution >= 0.6 is 0 Å². The zero-order valence-electron chi connectivity index (χ0n) is 11.0. The smallest absolute Gasteiger partial charge is 0.326 e. The lowest BCUT2D eigenvalue weighted by Crippen LogP contribution is -2.41. The van der Waals surface area contributed by atoms with E-state index in [1.165, 1.54) is 10.7 Å². The maximum Gasteiger partial charge on any atom is 0.326 e. The molecule has 0 aromatic carbocycles. The van der Waals surface area contributed by atoms with Crippen LogP contribution in [-0.4, -0.2) is 38.5 Å². The minimum Gasteiger partial charge on any atom is -0.480 e. The molecule has 2 aromatic rings. The van der Waals surface area contributed by atoms with Gasteiger partial charge in [0.15, 0.2) is 0 Å². The Bertz CT molecular complexity index is 694. The second-order valence-electron chi connectivity index (χ2n) is 4.46. The quantitative estimate of drug-likeness (QED) is 0.678. The van der Waals surface area contributed by atoms with Crippen molar-refractivity contribution in [2.45, 2.75) is 18.9 Å². The fourth-order valence-electron chi connectivity index (χ4n) is 1.89. The van der Waals surface area contributed by atoms with E-state index in [0.717, 1.165) is 0 Å². The number of carboxylic acids is 1. The molecule has 0 aliphatic rings. The van der Waals surface area contributed by atoms with Gasteiger partial charge >= 0.3 is 5.97 Å². The number of nitrogens with one attached hydrogen (secondary N) is 1. The summed E-state index contributed by atoms with van der Waals surface area (Å²) >= 11 is 0. The van der Waals surface area contributed by atoms with Gasteiger partial charge in [-0.05, 0) is 18.6 Å². The maximum absolute atomic E-state index is 12.1. The summed E-state index contributed by atoms with van der Waals surface area (Å²) in [6.45, 7) is 0. The standard InChI is InChI=1S/C13H14N4O4/c14-11(18)5-4-9(13(20)21)16-12(19)8-7-15-17-6-2-1-3-10(8)17/h1-3,6-7,9H,4-5H2,(H2,14,18)(H,16,19)(H,20,21)/t9-/m0/s1. The van der Waals surface area contributed by atoms with Crippen molar-refractivity contribution in [1.29, 1.82) is 0 Å². The van der Waals surface area contributed by atoms with Crippen LogP contribution in [0.2, 0.25) is 0 Å². The van der Waals surface area contributed by atoms with Crippen LogP contribution in [0.4, 0.5) is 0 Å². The molecule has 0 saturated heterocycles. The Morgan fingerprint density at radius 1 is 1.38 bits per heavy atom. The van der Waals surface area contributed by atoms with E-state index in [4.69, 9.17) is 10.8 Å². The second-order valence-corrected chi connectivity index (χ2v) is 4.46. The van der Waals surface area contributed by atoms with Crippen LogP contribution in [0.1, 0.15) is 23.2 Å². The molecule has 0 unspecified atom stereocenters. The second kappa shape index (κ2) is 6.04. The van der Waals surface area contributed by atoms with Crippen LogP contribution in [0.5, 0.6) is 0 Å². The first-order valence-electron chi connectivity index (χ1n) is 6.23. The van der Waals surface area contributed by atoms with Crippen molar-refractivity contribution in [2.24, 2.45) is 5.73 Å². The molecule has 1 atom stereocenters. The van der Waals surface area contributed by atoms with Gasteiger partial charge in [-0.3, -0.25) is 9.59 Å². The lowest BCUT2D eigenvalue weighted by atomic mass is 10.1. The molecule has 0 spiro atoms. The first kappa shape index (κ1) is 14.5. The van der Waals surface area contributed by atoms with Crippen molar-refractivity contribution in [3.05, 3.63) is 36.2 Å². The summed E-state index contributed by atoms with van der Waals surface area (Å²) in [5.74, 6) is -2.40. The van der Waals surface area contributed by atoms with E-state index in [1.807, 2.05) is 0 Å². The molecule has 0 radical (unpaired) electrons. The predicted molar refractivity (Wildman–Crippen MR) is 72.5 cm³/mol. The molecule has 8 nitrogen and oxygen atoms in total. The zero-order valence-corrected chi connectivity index (χ0v) is 11.0. The first-order chi connectivity index (χ1) is 9.99. The normalized spacial score (nSPS) is 12.0. The van der Waals surface area contributed by atoms with Crippen molar-refractivity contribution in [2.75, 3.05) is 0 Å². The van der Waals surface area contributed by atoms with Crippen LogP contribution < -0.4 is 11.1 Å². The fourth-order valence-corrected chi connectivity index (χ4v) is 1.89. The molecule has 0 fully saturated rings. The highest BCUT2D eigenvalue weighted by molar-refractivity contribution is 6.02. The number of carbonyl (C=O) groups excluding carboxylic acids is 2. The number of carbonyl (C=O) groups is 3. The third-order valence-corrected chi connectivity index (χ3v) is 2.95. The van der Waals surface area contributed by atoms with Gasteiger partial charge in [-0.15, -0.1) is 0 Å². The molecule has 2 aromatic heterocycles. The Labute approximate surface area is 119 Å². The summed E-state index contributed by atoms with van der Waals surface area (Å²) in [6.07, 6.45) is 2.85. The van der Waals surface area contributed by atoms with Gasteiger partial charge in [0, 0.05) is 12.6 Å². The van der Waals surface area contributed by atoms with Gasteiger partial charge in [0.1, 0.15) is 6.04 Å². The van der Waals surface area contributed by atoms with Crippen LogP contribution in [0, 0.1) is 0 Å². The van der Waals surface area contributed by atoms with Gasteiger partial charge in [-0.2, -0.15) is 5.10 Å². The van der Waals surface area contributed by atoms with Crippen LogP contribution in [0.25, 0.3) is 5.52 Å². The van der Waals surface area contributed by atoms with Gasteiger partial charge in [-0.1, -0.05) is 6.07 Å². The third kappa shape index (κ3) is 3.35. The molecule has 0 aliphatic carbocycles. The molecular weight excluding hydrogens is 276 g/mol. The Hall–Kier alpha value is -2.90. The molecule has 110 valence electrons. The number of nitrogens with zero attached hydrogens (tertiary/aromatic N) is 2. The lowest BCUT2D eigenvalue weighted by Gasteiger charge is -2.13. The van der Waals surface area contributed by atoms with Gasteiger partial charge < -0.3 is 16.2 Å². The number of carboxylic acid groups (broad SMARTS) is 1. The van der Waals surface area contributed by atoms with Crippen molar-refractivity contribution in [1.82, 2.24) is 14.9 Å². The number of amides is 2. The maximum atomic E-state index is 12.1. The summed E-state index contributed by atoms with van der Waals surface area (Å²) in [7, 11) is 0. The molecule has 0 saturated carbocycles. The average Bonchev–Trinajstić information content (AvgIpc) is 2.86. The van der Waals surface area contributed by atoms with E-state index in [1.54, 1.807) is 24.4 Å². The lowest BCUT2D eigenvalue weighted by molar-refractivity contribution is -0.139. The fraction of sp³-hybridized carbons (Fsp3) is 0.231. The highest BCUT2D eigenvalue weighted by atomic mass is 16.4. The largest absolute Gasteiger partial charge is 0.480 e. The van der Waals surface area contributed by atoms with Gasteiger partial charge in [0.05, 0.1) is 17.3 Å². The van der Waals surface area contributed by atoms with Crippen molar-refractivity contribution >= 4 is 23.3 Å². The van der Waals surface area contributed by atoms with Crippen LogP contribution in [0.15, 0.2) is 30.6 Å².